The predicted octanol–water partition coefficient (Wildman–Crippen LogP) is 4.21. The molecule has 3 heteroatoms. The first-order valence-corrected chi connectivity index (χ1v) is 8.22. The third-order valence-corrected chi connectivity index (χ3v) is 5.33. The largest absolute Gasteiger partial charge is 0.310 e. The molecule has 0 aliphatic heterocycles. The highest BCUT2D eigenvalue weighted by molar-refractivity contribution is 9.10. The van der Waals surface area contributed by atoms with Crippen molar-refractivity contribution < 1.29 is 0 Å². The van der Waals surface area contributed by atoms with Crippen LogP contribution in [-0.4, -0.2) is 17.0 Å². The van der Waals surface area contributed by atoms with Crippen molar-refractivity contribution in [1.82, 2.24) is 5.32 Å². The van der Waals surface area contributed by atoms with E-state index in [1.54, 1.807) is 0 Å². The minimum absolute atomic E-state index is 0.714. The smallest absolute Gasteiger partial charge is 0.0220 e. The van der Waals surface area contributed by atoms with Crippen molar-refractivity contribution in [1.29, 1.82) is 0 Å². The summed E-state index contributed by atoms with van der Waals surface area (Å²) < 4.78 is 1.21. The van der Waals surface area contributed by atoms with Crippen molar-refractivity contribution in [2.75, 3.05) is 5.75 Å². The third-order valence-electron chi connectivity index (χ3n) is 3.33. The Labute approximate surface area is 117 Å². The molecule has 1 fully saturated rings. The molecule has 0 saturated heterocycles. The molecule has 17 heavy (non-hydrogen) atoms. The molecule has 1 aliphatic carbocycles. The summed E-state index contributed by atoms with van der Waals surface area (Å²) in [7, 11) is 0. The third kappa shape index (κ3) is 4.01. The molecule has 2 atom stereocenters. The van der Waals surface area contributed by atoms with Gasteiger partial charge in [0.1, 0.15) is 0 Å². The molecule has 1 N–H and O–H groups in total. The van der Waals surface area contributed by atoms with Crippen LogP contribution in [0.15, 0.2) is 28.7 Å². The van der Waals surface area contributed by atoms with Crippen molar-refractivity contribution >= 4 is 27.7 Å². The zero-order chi connectivity index (χ0) is 12.1. The van der Waals surface area contributed by atoms with Gasteiger partial charge < -0.3 is 5.32 Å². The van der Waals surface area contributed by atoms with Crippen LogP contribution in [0.2, 0.25) is 0 Å². The maximum absolute atomic E-state index is 3.68. The van der Waals surface area contributed by atoms with Crippen LogP contribution in [0.5, 0.6) is 0 Å². The Morgan fingerprint density at radius 3 is 2.94 bits per heavy atom. The van der Waals surface area contributed by atoms with Gasteiger partial charge in [-0.3, -0.25) is 0 Å². The maximum Gasteiger partial charge on any atom is 0.0220 e. The van der Waals surface area contributed by atoms with Crippen LogP contribution in [-0.2, 0) is 6.54 Å². The molecular weight excluding hydrogens is 294 g/mol. The van der Waals surface area contributed by atoms with Gasteiger partial charge in [0, 0.05) is 22.3 Å². The quantitative estimate of drug-likeness (QED) is 0.873. The predicted molar refractivity (Wildman–Crippen MR) is 80.5 cm³/mol. The van der Waals surface area contributed by atoms with E-state index in [0.29, 0.717) is 6.04 Å². The van der Waals surface area contributed by atoms with Gasteiger partial charge in [0.15, 0.2) is 0 Å². The number of hydrogen-bond acceptors (Lipinski definition) is 2. The van der Waals surface area contributed by atoms with E-state index >= 15 is 0 Å². The van der Waals surface area contributed by atoms with Crippen molar-refractivity contribution in [3.05, 3.63) is 34.3 Å². The topological polar surface area (TPSA) is 12.0 Å². The molecular formula is C14H20BrNS. The Bertz CT molecular complexity index is 356. The van der Waals surface area contributed by atoms with E-state index in [-0.39, 0.29) is 0 Å². The lowest BCUT2D eigenvalue weighted by molar-refractivity contribution is 0.524. The van der Waals surface area contributed by atoms with E-state index in [1.807, 2.05) is 0 Å². The van der Waals surface area contributed by atoms with Crippen LogP contribution in [0, 0.1) is 0 Å². The average molecular weight is 314 g/mol. The highest BCUT2D eigenvalue weighted by Crippen LogP contribution is 2.30. The fourth-order valence-corrected chi connectivity index (χ4v) is 3.98. The maximum atomic E-state index is 3.68. The van der Waals surface area contributed by atoms with E-state index in [0.717, 1.165) is 11.8 Å². The number of rotatable bonds is 5. The second-order valence-electron chi connectivity index (χ2n) is 4.56. The Balaban J connectivity index is 1.78. The van der Waals surface area contributed by atoms with Crippen molar-refractivity contribution in [2.24, 2.45) is 0 Å². The lowest BCUT2D eigenvalue weighted by Crippen LogP contribution is -2.26. The van der Waals surface area contributed by atoms with Gasteiger partial charge in [-0.25, -0.2) is 0 Å². The monoisotopic (exact) mass is 313 g/mol. The highest BCUT2D eigenvalue weighted by atomic mass is 79.9. The first kappa shape index (κ1) is 13.4. The first-order valence-electron chi connectivity index (χ1n) is 6.38. The molecule has 0 aromatic heterocycles. The number of halogens is 1. The number of hydrogen-bond donors (Lipinski definition) is 1. The van der Waals surface area contributed by atoms with Gasteiger partial charge in [-0.05, 0) is 36.6 Å². The van der Waals surface area contributed by atoms with Crippen molar-refractivity contribution in [2.45, 2.75) is 44.0 Å². The number of thioether (sulfide) groups is 1. The molecule has 94 valence electrons. The summed E-state index contributed by atoms with van der Waals surface area (Å²) >= 11 is 5.72. The molecule has 0 heterocycles. The lowest BCUT2D eigenvalue weighted by atomic mass is 10.2. The molecule has 1 aromatic carbocycles. The van der Waals surface area contributed by atoms with Crippen LogP contribution in [0.1, 0.15) is 31.7 Å². The molecule has 0 radical (unpaired) electrons. The van der Waals surface area contributed by atoms with Crippen molar-refractivity contribution in [3.8, 4) is 0 Å². The molecule has 0 bridgehead atoms. The molecule has 1 saturated carbocycles. The molecule has 1 aliphatic rings. The van der Waals surface area contributed by atoms with E-state index in [1.165, 1.54) is 35.1 Å². The summed E-state index contributed by atoms with van der Waals surface area (Å²) in [6.07, 6.45) is 4.05. The zero-order valence-corrected chi connectivity index (χ0v) is 12.7. The van der Waals surface area contributed by atoms with Gasteiger partial charge >= 0.3 is 0 Å². The van der Waals surface area contributed by atoms with E-state index in [9.17, 15) is 0 Å². The molecule has 1 nitrogen and oxygen atoms in total. The molecule has 2 unspecified atom stereocenters. The van der Waals surface area contributed by atoms with E-state index < -0.39 is 0 Å². The van der Waals surface area contributed by atoms with Crippen LogP contribution in [0.4, 0.5) is 0 Å². The summed E-state index contributed by atoms with van der Waals surface area (Å²) in [5, 5.41) is 4.57. The van der Waals surface area contributed by atoms with Crippen molar-refractivity contribution in [3.63, 3.8) is 0 Å². The summed E-state index contributed by atoms with van der Waals surface area (Å²) in [4.78, 5) is 0. The molecule has 1 aromatic rings. The zero-order valence-electron chi connectivity index (χ0n) is 10.3. The minimum atomic E-state index is 0.714. The second-order valence-corrected chi connectivity index (χ2v) is 6.99. The van der Waals surface area contributed by atoms with Gasteiger partial charge in [0.05, 0.1) is 0 Å². The van der Waals surface area contributed by atoms with Gasteiger partial charge in [0.25, 0.3) is 0 Å². The number of nitrogens with one attached hydrogen (secondary N) is 1. The normalized spacial score (nSPS) is 24.1. The van der Waals surface area contributed by atoms with Gasteiger partial charge in [-0.1, -0.05) is 41.1 Å². The van der Waals surface area contributed by atoms with Gasteiger partial charge in [-0.2, -0.15) is 11.8 Å². The summed E-state index contributed by atoms with van der Waals surface area (Å²) in [5.41, 5.74) is 1.36. The molecule has 0 amide bonds. The van der Waals surface area contributed by atoms with Gasteiger partial charge in [-0.15, -0.1) is 0 Å². The number of benzene rings is 1. The van der Waals surface area contributed by atoms with E-state index in [2.05, 4.69) is 64.2 Å². The summed E-state index contributed by atoms with van der Waals surface area (Å²) in [5.74, 6) is 1.25. The first-order chi connectivity index (χ1) is 8.29. The van der Waals surface area contributed by atoms with E-state index in [4.69, 9.17) is 0 Å². The SMILES string of the molecule is CCSC1CCC(NCc2ccccc2Br)C1. The standard InChI is InChI=1S/C14H20BrNS/c1-2-17-13-8-7-12(9-13)16-10-11-5-3-4-6-14(11)15/h3-6,12-13,16H,2,7-10H2,1H3. The summed E-state index contributed by atoms with van der Waals surface area (Å²) in [6.45, 7) is 3.24. The van der Waals surface area contributed by atoms with Crippen LogP contribution in [0.25, 0.3) is 0 Å². The molecule has 2 rings (SSSR count). The Hall–Kier alpha value is 0.01000. The fourth-order valence-electron chi connectivity index (χ4n) is 2.41. The van der Waals surface area contributed by atoms with Crippen LogP contribution < -0.4 is 5.32 Å². The lowest BCUT2D eigenvalue weighted by Gasteiger charge is -2.13. The minimum Gasteiger partial charge on any atom is -0.310 e. The van der Waals surface area contributed by atoms with Gasteiger partial charge in [0.2, 0.25) is 0 Å². The average Bonchev–Trinajstić information content (AvgIpc) is 2.76. The van der Waals surface area contributed by atoms with Crippen LogP contribution in [0.3, 0.4) is 0 Å². The summed E-state index contributed by atoms with van der Waals surface area (Å²) in [6, 6.07) is 9.18. The van der Waals surface area contributed by atoms with Crippen LogP contribution >= 0.6 is 27.7 Å². The Morgan fingerprint density at radius 1 is 1.35 bits per heavy atom. The Kier molecular flexibility index (Phi) is 5.39. The second kappa shape index (κ2) is 6.81. The highest BCUT2D eigenvalue weighted by Gasteiger charge is 2.23. The fraction of sp³-hybridized carbons (Fsp3) is 0.571. The Morgan fingerprint density at radius 2 is 2.18 bits per heavy atom. The molecule has 0 spiro atoms.